The first-order valence-electron chi connectivity index (χ1n) is 7.75. The summed E-state index contributed by atoms with van der Waals surface area (Å²) in [6.07, 6.45) is 1.67. The second kappa shape index (κ2) is 8.03. The molecule has 1 N–H and O–H groups in total. The number of nitriles is 1. The Morgan fingerprint density at radius 3 is 2.48 bits per heavy atom. The fourth-order valence-corrected chi connectivity index (χ4v) is 3.46. The van der Waals surface area contributed by atoms with Crippen LogP contribution in [0.3, 0.4) is 0 Å². The molecule has 0 saturated carbocycles. The number of amides is 2. The first kappa shape index (κ1) is 18.6. The SMILES string of the molecule is COc1ccc(C(=O)NN2C(=O)/C(=C\c3ccc(C#N)cc3)SC2=S)cc1. The molecule has 1 fully saturated rings. The van der Waals surface area contributed by atoms with Crippen LogP contribution < -0.4 is 10.2 Å². The smallest absolute Gasteiger partial charge is 0.285 e. The number of rotatable bonds is 4. The van der Waals surface area contributed by atoms with Crippen molar-refractivity contribution in [2.24, 2.45) is 0 Å². The van der Waals surface area contributed by atoms with Crippen molar-refractivity contribution in [2.45, 2.75) is 0 Å². The molecule has 2 aromatic rings. The van der Waals surface area contributed by atoms with Crippen molar-refractivity contribution < 1.29 is 14.3 Å². The lowest BCUT2D eigenvalue weighted by Gasteiger charge is -2.15. The van der Waals surface area contributed by atoms with E-state index < -0.39 is 11.8 Å². The van der Waals surface area contributed by atoms with Crippen molar-refractivity contribution in [3.8, 4) is 11.8 Å². The van der Waals surface area contributed by atoms with Crippen LogP contribution in [0.2, 0.25) is 0 Å². The molecule has 1 aliphatic rings. The summed E-state index contributed by atoms with van der Waals surface area (Å²) < 4.78 is 5.29. The number of benzene rings is 2. The minimum atomic E-state index is -0.450. The van der Waals surface area contributed by atoms with Crippen LogP contribution in [0.15, 0.2) is 53.4 Å². The molecule has 27 heavy (non-hydrogen) atoms. The van der Waals surface area contributed by atoms with E-state index in [4.69, 9.17) is 22.2 Å². The number of methoxy groups -OCH3 is 1. The third kappa shape index (κ3) is 4.16. The molecule has 0 radical (unpaired) electrons. The average Bonchev–Trinajstić information content (AvgIpc) is 2.96. The molecule has 0 atom stereocenters. The van der Waals surface area contributed by atoms with Crippen molar-refractivity contribution in [3.05, 3.63) is 70.1 Å². The summed E-state index contributed by atoms with van der Waals surface area (Å²) in [4.78, 5) is 25.3. The number of hydrogen-bond acceptors (Lipinski definition) is 6. The Kier molecular flexibility index (Phi) is 5.54. The molecule has 1 heterocycles. The topological polar surface area (TPSA) is 82.4 Å². The van der Waals surface area contributed by atoms with Gasteiger partial charge in [0, 0.05) is 5.56 Å². The summed E-state index contributed by atoms with van der Waals surface area (Å²) in [7, 11) is 1.54. The van der Waals surface area contributed by atoms with E-state index in [9.17, 15) is 9.59 Å². The number of carbonyl (C=O) groups excluding carboxylic acids is 2. The standard InChI is InChI=1S/C19H13N3O3S2/c1-25-15-8-6-14(7-9-15)17(23)21-22-18(24)16(27-19(22)26)10-12-2-4-13(11-20)5-3-12/h2-10H,1H3,(H,21,23)/b16-10+. The van der Waals surface area contributed by atoms with Gasteiger partial charge in [-0.05, 0) is 60.3 Å². The lowest BCUT2D eigenvalue weighted by atomic mass is 10.1. The Morgan fingerprint density at radius 2 is 1.89 bits per heavy atom. The molecule has 6 nitrogen and oxygen atoms in total. The maximum atomic E-state index is 12.6. The van der Waals surface area contributed by atoms with Crippen molar-refractivity contribution in [1.29, 1.82) is 5.26 Å². The Hall–Kier alpha value is -3.15. The summed E-state index contributed by atoms with van der Waals surface area (Å²) in [5, 5.41) is 9.89. The molecule has 2 amide bonds. The number of hydrogen-bond donors (Lipinski definition) is 1. The molecule has 0 unspecified atom stereocenters. The monoisotopic (exact) mass is 395 g/mol. The van der Waals surface area contributed by atoms with Gasteiger partial charge in [-0.3, -0.25) is 15.0 Å². The second-order valence-corrected chi connectivity index (χ2v) is 7.10. The molecule has 0 aromatic heterocycles. The van der Waals surface area contributed by atoms with Crippen molar-refractivity contribution in [2.75, 3.05) is 7.11 Å². The van der Waals surface area contributed by atoms with Gasteiger partial charge in [-0.25, -0.2) is 0 Å². The largest absolute Gasteiger partial charge is 0.497 e. The molecule has 0 aliphatic carbocycles. The van der Waals surface area contributed by atoms with Crippen LogP contribution in [-0.2, 0) is 4.79 Å². The first-order chi connectivity index (χ1) is 13.0. The zero-order valence-corrected chi connectivity index (χ0v) is 15.8. The molecule has 2 aromatic carbocycles. The zero-order valence-electron chi connectivity index (χ0n) is 14.1. The molecule has 1 saturated heterocycles. The van der Waals surface area contributed by atoms with E-state index >= 15 is 0 Å². The molecule has 3 rings (SSSR count). The van der Waals surface area contributed by atoms with Crippen molar-refractivity contribution in [3.63, 3.8) is 0 Å². The Morgan fingerprint density at radius 1 is 1.22 bits per heavy atom. The van der Waals surface area contributed by atoms with Gasteiger partial charge >= 0.3 is 0 Å². The zero-order chi connectivity index (χ0) is 19.4. The fraction of sp³-hybridized carbons (Fsp3) is 0.0526. The minimum absolute atomic E-state index is 0.238. The van der Waals surface area contributed by atoms with Crippen LogP contribution in [0.1, 0.15) is 21.5 Å². The van der Waals surface area contributed by atoms with Gasteiger partial charge in [-0.15, -0.1) is 0 Å². The molecule has 0 bridgehead atoms. The number of nitrogens with one attached hydrogen (secondary N) is 1. The first-order valence-corrected chi connectivity index (χ1v) is 8.97. The third-order valence-electron chi connectivity index (χ3n) is 3.70. The molecular weight excluding hydrogens is 382 g/mol. The maximum absolute atomic E-state index is 12.6. The fourth-order valence-electron chi connectivity index (χ4n) is 2.28. The van der Waals surface area contributed by atoms with Crippen LogP contribution in [0.4, 0.5) is 0 Å². The Bertz CT molecular complexity index is 977. The highest BCUT2D eigenvalue weighted by atomic mass is 32.2. The van der Waals surface area contributed by atoms with E-state index in [-0.39, 0.29) is 4.32 Å². The molecule has 0 spiro atoms. The van der Waals surface area contributed by atoms with Crippen LogP contribution >= 0.6 is 24.0 Å². The van der Waals surface area contributed by atoms with Gasteiger partial charge in [0.2, 0.25) is 0 Å². The maximum Gasteiger partial charge on any atom is 0.285 e. The number of ether oxygens (including phenoxy) is 1. The number of carbonyl (C=O) groups is 2. The summed E-state index contributed by atoms with van der Waals surface area (Å²) in [5.41, 5.74) is 4.19. The summed E-state index contributed by atoms with van der Waals surface area (Å²) in [5.74, 6) is -0.229. The van der Waals surface area contributed by atoms with Crippen LogP contribution in [0, 0.1) is 11.3 Å². The van der Waals surface area contributed by atoms with E-state index in [1.165, 1.54) is 7.11 Å². The Balaban J connectivity index is 1.74. The van der Waals surface area contributed by atoms with Gasteiger partial charge in [-0.2, -0.15) is 10.3 Å². The van der Waals surface area contributed by atoms with Gasteiger partial charge in [0.15, 0.2) is 4.32 Å². The molecular formula is C19H13N3O3S2. The predicted molar refractivity (Wildman–Crippen MR) is 107 cm³/mol. The van der Waals surface area contributed by atoms with Gasteiger partial charge in [0.05, 0.1) is 23.6 Å². The van der Waals surface area contributed by atoms with E-state index in [1.54, 1.807) is 54.6 Å². The molecule has 1 aliphatic heterocycles. The third-order valence-corrected chi connectivity index (χ3v) is 5.00. The highest BCUT2D eigenvalue weighted by Gasteiger charge is 2.33. The van der Waals surface area contributed by atoms with Gasteiger partial charge in [0.1, 0.15) is 5.75 Å². The van der Waals surface area contributed by atoms with Crippen molar-refractivity contribution >= 4 is 46.2 Å². The van der Waals surface area contributed by atoms with Crippen LogP contribution in [0.25, 0.3) is 6.08 Å². The lowest BCUT2D eigenvalue weighted by Crippen LogP contribution is -2.44. The summed E-state index contributed by atoms with van der Waals surface area (Å²) in [6.45, 7) is 0. The van der Waals surface area contributed by atoms with E-state index in [1.807, 2.05) is 6.07 Å². The summed E-state index contributed by atoms with van der Waals surface area (Å²) >= 11 is 6.31. The van der Waals surface area contributed by atoms with Crippen LogP contribution in [0.5, 0.6) is 5.75 Å². The summed E-state index contributed by atoms with van der Waals surface area (Å²) in [6, 6.07) is 15.3. The predicted octanol–water partition coefficient (Wildman–Crippen LogP) is 3.11. The number of nitrogens with zero attached hydrogens (tertiary/aromatic N) is 2. The second-order valence-electron chi connectivity index (χ2n) is 5.42. The van der Waals surface area contributed by atoms with Gasteiger partial charge in [-0.1, -0.05) is 23.9 Å². The quantitative estimate of drug-likeness (QED) is 0.633. The van der Waals surface area contributed by atoms with Gasteiger partial charge < -0.3 is 4.74 Å². The highest BCUT2D eigenvalue weighted by Crippen LogP contribution is 2.31. The van der Waals surface area contributed by atoms with Crippen LogP contribution in [-0.4, -0.2) is 28.3 Å². The van der Waals surface area contributed by atoms with E-state index in [0.717, 1.165) is 22.3 Å². The molecule has 8 heteroatoms. The highest BCUT2D eigenvalue weighted by molar-refractivity contribution is 8.26. The number of hydrazine groups is 1. The number of thiocarbonyl (C=S) groups is 1. The average molecular weight is 395 g/mol. The van der Waals surface area contributed by atoms with E-state index in [0.29, 0.717) is 21.8 Å². The molecule has 134 valence electrons. The van der Waals surface area contributed by atoms with Crippen molar-refractivity contribution in [1.82, 2.24) is 10.4 Å². The van der Waals surface area contributed by atoms with Gasteiger partial charge in [0.25, 0.3) is 11.8 Å². The normalized spacial score (nSPS) is 15.0. The van der Waals surface area contributed by atoms with E-state index in [2.05, 4.69) is 5.43 Å². The Labute approximate surface area is 165 Å². The minimum Gasteiger partial charge on any atom is -0.497 e. The lowest BCUT2D eigenvalue weighted by molar-refractivity contribution is -0.123. The number of thioether (sulfide) groups is 1.